The monoisotopic (exact) mass is 273 g/mol. The summed E-state index contributed by atoms with van der Waals surface area (Å²) in [5, 5.41) is 0. The molecule has 1 saturated heterocycles. The van der Waals surface area contributed by atoms with Gasteiger partial charge in [-0.15, -0.1) is 0 Å². The van der Waals surface area contributed by atoms with Crippen molar-refractivity contribution in [2.24, 2.45) is 0 Å². The summed E-state index contributed by atoms with van der Waals surface area (Å²) in [7, 11) is 2.07. The van der Waals surface area contributed by atoms with Crippen molar-refractivity contribution in [3.63, 3.8) is 0 Å². The third kappa shape index (κ3) is 3.86. The lowest BCUT2D eigenvalue weighted by molar-refractivity contribution is -0.137. The Morgan fingerprint density at radius 2 is 2.16 bits per heavy atom. The zero-order valence-electron chi connectivity index (χ0n) is 10.9. The van der Waals surface area contributed by atoms with Crippen molar-refractivity contribution in [3.05, 3.63) is 29.8 Å². The molecule has 0 aliphatic carbocycles. The molecule has 0 bridgehead atoms. The van der Waals surface area contributed by atoms with Crippen molar-refractivity contribution in [1.29, 1.82) is 0 Å². The van der Waals surface area contributed by atoms with Gasteiger partial charge in [-0.25, -0.2) is 0 Å². The van der Waals surface area contributed by atoms with Gasteiger partial charge in [0, 0.05) is 6.04 Å². The second kappa shape index (κ2) is 5.82. The lowest BCUT2D eigenvalue weighted by atomic mass is 10.1. The van der Waals surface area contributed by atoms with E-state index in [0.717, 1.165) is 31.5 Å². The van der Waals surface area contributed by atoms with Crippen molar-refractivity contribution >= 4 is 0 Å². The first-order chi connectivity index (χ1) is 8.97. The van der Waals surface area contributed by atoms with Gasteiger partial charge in [0.25, 0.3) is 0 Å². The largest absolute Gasteiger partial charge is 0.494 e. The molecular weight excluding hydrogens is 255 g/mol. The van der Waals surface area contributed by atoms with Gasteiger partial charge >= 0.3 is 6.18 Å². The minimum atomic E-state index is -4.31. The number of hydrogen-bond donors (Lipinski definition) is 0. The van der Waals surface area contributed by atoms with E-state index in [2.05, 4.69) is 11.9 Å². The Bertz CT molecular complexity index is 419. The van der Waals surface area contributed by atoms with Gasteiger partial charge in [0.05, 0.1) is 12.2 Å². The highest BCUT2D eigenvalue weighted by Gasteiger charge is 2.30. The molecule has 1 aromatic carbocycles. The normalized spacial score (nSPS) is 20.7. The summed E-state index contributed by atoms with van der Waals surface area (Å²) >= 11 is 0. The highest BCUT2D eigenvalue weighted by Crippen LogP contribution is 2.31. The third-order valence-corrected chi connectivity index (χ3v) is 3.55. The molecule has 0 spiro atoms. The molecule has 1 atom stereocenters. The Morgan fingerprint density at radius 1 is 1.37 bits per heavy atom. The molecule has 1 unspecified atom stereocenters. The van der Waals surface area contributed by atoms with Gasteiger partial charge in [-0.2, -0.15) is 13.2 Å². The van der Waals surface area contributed by atoms with Crippen molar-refractivity contribution in [2.75, 3.05) is 20.2 Å². The summed E-state index contributed by atoms with van der Waals surface area (Å²) in [6, 6.07) is 5.54. The fraction of sp³-hybridized carbons (Fsp3) is 0.571. The number of ether oxygens (including phenoxy) is 1. The van der Waals surface area contributed by atoms with Crippen LogP contribution in [0.1, 0.15) is 24.8 Å². The Balaban J connectivity index is 1.86. The Labute approximate surface area is 111 Å². The molecule has 1 aliphatic heterocycles. The molecule has 1 fully saturated rings. The molecule has 2 rings (SSSR count). The molecule has 0 aromatic heterocycles. The number of hydrogen-bond acceptors (Lipinski definition) is 2. The Morgan fingerprint density at radius 3 is 2.79 bits per heavy atom. The first-order valence-corrected chi connectivity index (χ1v) is 6.47. The molecule has 1 aromatic rings. The molecule has 0 radical (unpaired) electrons. The SMILES string of the molecule is CN1CCCC1CCOc1cccc(C(F)(F)F)c1. The molecule has 0 amide bonds. The van der Waals surface area contributed by atoms with E-state index in [9.17, 15) is 13.2 Å². The molecular formula is C14H18F3NO. The molecule has 1 heterocycles. The van der Waals surface area contributed by atoms with Crippen LogP contribution in [0.2, 0.25) is 0 Å². The summed E-state index contributed by atoms with van der Waals surface area (Å²) in [6.07, 6.45) is -1.13. The molecule has 1 aliphatic rings. The number of likely N-dealkylation sites (tertiary alicyclic amines) is 1. The van der Waals surface area contributed by atoms with E-state index in [0.29, 0.717) is 12.6 Å². The van der Waals surface area contributed by atoms with Crippen LogP contribution in [0.25, 0.3) is 0 Å². The van der Waals surface area contributed by atoms with Gasteiger partial charge in [-0.05, 0) is 51.1 Å². The minimum absolute atomic E-state index is 0.287. The average molecular weight is 273 g/mol. The quantitative estimate of drug-likeness (QED) is 0.831. The summed E-state index contributed by atoms with van der Waals surface area (Å²) in [4.78, 5) is 2.27. The minimum Gasteiger partial charge on any atom is -0.494 e. The van der Waals surface area contributed by atoms with Crippen LogP contribution in [0.3, 0.4) is 0 Å². The van der Waals surface area contributed by atoms with Crippen LogP contribution in [-0.2, 0) is 6.18 Å². The van der Waals surface area contributed by atoms with E-state index in [1.807, 2.05) is 0 Å². The second-order valence-electron chi connectivity index (χ2n) is 4.94. The van der Waals surface area contributed by atoms with Crippen LogP contribution in [0, 0.1) is 0 Å². The standard InChI is InChI=1S/C14H18F3NO/c1-18-8-3-5-12(18)7-9-19-13-6-2-4-11(10-13)14(15,16)17/h2,4,6,10,12H,3,5,7-9H2,1H3. The van der Waals surface area contributed by atoms with E-state index in [-0.39, 0.29) is 5.75 Å². The number of halogens is 3. The molecule has 2 nitrogen and oxygen atoms in total. The maximum absolute atomic E-state index is 12.5. The molecule has 0 N–H and O–H groups in total. The first kappa shape index (κ1) is 14.2. The van der Waals surface area contributed by atoms with Crippen molar-refractivity contribution in [2.45, 2.75) is 31.5 Å². The van der Waals surface area contributed by atoms with Gasteiger partial charge in [0.1, 0.15) is 5.75 Å². The third-order valence-electron chi connectivity index (χ3n) is 3.55. The smallest absolute Gasteiger partial charge is 0.416 e. The average Bonchev–Trinajstić information content (AvgIpc) is 2.75. The summed E-state index contributed by atoms with van der Waals surface area (Å²) in [5.74, 6) is 0.287. The highest BCUT2D eigenvalue weighted by atomic mass is 19.4. The van der Waals surface area contributed by atoms with Crippen molar-refractivity contribution in [1.82, 2.24) is 4.90 Å². The number of rotatable bonds is 4. The van der Waals surface area contributed by atoms with Gasteiger partial charge in [0.15, 0.2) is 0 Å². The van der Waals surface area contributed by atoms with Crippen LogP contribution in [0.15, 0.2) is 24.3 Å². The van der Waals surface area contributed by atoms with Crippen LogP contribution in [-0.4, -0.2) is 31.1 Å². The topological polar surface area (TPSA) is 12.5 Å². The Hall–Kier alpha value is -1.23. The summed E-state index contributed by atoms with van der Waals surface area (Å²) < 4.78 is 43.0. The molecule has 106 valence electrons. The predicted molar refractivity (Wildman–Crippen MR) is 67.2 cm³/mol. The van der Waals surface area contributed by atoms with Gasteiger partial charge in [-0.3, -0.25) is 0 Å². The van der Waals surface area contributed by atoms with Gasteiger partial charge < -0.3 is 9.64 Å². The maximum Gasteiger partial charge on any atom is 0.416 e. The molecule has 0 saturated carbocycles. The van der Waals surface area contributed by atoms with Crippen molar-refractivity contribution < 1.29 is 17.9 Å². The van der Waals surface area contributed by atoms with Gasteiger partial charge in [-0.1, -0.05) is 6.07 Å². The lowest BCUT2D eigenvalue weighted by Gasteiger charge is -2.19. The first-order valence-electron chi connectivity index (χ1n) is 6.47. The highest BCUT2D eigenvalue weighted by molar-refractivity contribution is 5.30. The zero-order chi connectivity index (χ0) is 13.9. The second-order valence-corrected chi connectivity index (χ2v) is 4.94. The van der Waals surface area contributed by atoms with Crippen molar-refractivity contribution in [3.8, 4) is 5.75 Å². The molecule has 19 heavy (non-hydrogen) atoms. The van der Waals surface area contributed by atoms with E-state index < -0.39 is 11.7 Å². The fourth-order valence-electron chi connectivity index (χ4n) is 2.42. The van der Waals surface area contributed by atoms with Crippen LogP contribution < -0.4 is 4.74 Å². The van der Waals surface area contributed by atoms with E-state index in [4.69, 9.17) is 4.74 Å². The fourth-order valence-corrected chi connectivity index (χ4v) is 2.42. The van der Waals surface area contributed by atoms with Crippen LogP contribution in [0.4, 0.5) is 13.2 Å². The predicted octanol–water partition coefficient (Wildman–Crippen LogP) is 3.57. The summed E-state index contributed by atoms with van der Waals surface area (Å²) in [5.41, 5.74) is -0.664. The lowest BCUT2D eigenvalue weighted by Crippen LogP contribution is -2.26. The van der Waals surface area contributed by atoms with E-state index in [1.165, 1.54) is 12.5 Å². The van der Waals surface area contributed by atoms with Gasteiger partial charge in [0.2, 0.25) is 0 Å². The van der Waals surface area contributed by atoms with Crippen LogP contribution >= 0.6 is 0 Å². The Kier molecular flexibility index (Phi) is 4.34. The maximum atomic E-state index is 12.5. The number of benzene rings is 1. The summed E-state index contributed by atoms with van der Waals surface area (Å²) in [6.45, 7) is 1.55. The van der Waals surface area contributed by atoms with E-state index in [1.54, 1.807) is 6.07 Å². The number of nitrogens with zero attached hydrogens (tertiary/aromatic N) is 1. The zero-order valence-corrected chi connectivity index (χ0v) is 10.9. The van der Waals surface area contributed by atoms with E-state index >= 15 is 0 Å². The molecule has 5 heteroatoms. The van der Waals surface area contributed by atoms with Crippen LogP contribution in [0.5, 0.6) is 5.75 Å². The number of alkyl halides is 3.